The van der Waals surface area contributed by atoms with E-state index >= 15 is 0 Å². The van der Waals surface area contributed by atoms with Crippen LogP contribution in [0.5, 0.6) is 0 Å². The highest BCUT2D eigenvalue weighted by atomic mass is 16.4. The second-order valence-corrected chi connectivity index (χ2v) is 3.56. The molecule has 7 heteroatoms. The van der Waals surface area contributed by atoms with Crippen LogP contribution in [0, 0.1) is 0 Å². The SMILES string of the molecule is NC(=O)c1ccc(-n2[nH]c(C(=O)O)cc2=O)cc1. The minimum Gasteiger partial charge on any atom is -0.477 e. The second-order valence-electron chi connectivity index (χ2n) is 3.56. The van der Waals surface area contributed by atoms with Gasteiger partial charge in [-0.25, -0.2) is 9.48 Å². The lowest BCUT2D eigenvalue weighted by Gasteiger charge is -2.02. The molecule has 0 aliphatic carbocycles. The van der Waals surface area contributed by atoms with E-state index in [0.29, 0.717) is 11.3 Å². The number of aromatic amines is 1. The summed E-state index contributed by atoms with van der Waals surface area (Å²) in [5, 5.41) is 11.2. The predicted molar refractivity (Wildman–Crippen MR) is 61.9 cm³/mol. The fourth-order valence-corrected chi connectivity index (χ4v) is 1.47. The van der Waals surface area contributed by atoms with Crippen LogP contribution >= 0.6 is 0 Å². The van der Waals surface area contributed by atoms with Gasteiger partial charge in [-0.3, -0.25) is 14.7 Å². The van der Waals surface area contributed by atoms with Crippen molar-refractivity contribution in [3.05, 3.63) is 51.9 Å². The number of aromatic nitrogens is 2. The maximum absolute atomic E-state index is 11.5. The average Bonchev–Trinajstić information content (AvgIpc) is 2.71. The Bertz CT molecular complexity index is 666. The molecule has 0 aliphatic heterocycles. The van der Waals surface area contributed by atoms with E-state index in [0.717, 1.165) is 10.7 Å². The Morgan fingerprint density at radius 3 is 2.28 bits per heavy atom. The van der Waals surface area contributed by atoms with Gasteiger partial charge in [-0.1, -0.05) is 0 Å². The molecular formula is C11H9N3O4. The number of H-pyrrole nitrogens is 1. The number of primary amides is 1. The lowest BCUT2D eigenvalue weighted by molar-refractivity contribution is 0.0689. The Morgan fingerprint density at radius 1 is 1.22 bits per heavy atom. The third-order valence-corrected chi connectivity index (χ3v) is 2.36. The van der Waals surface area contributed by atoms with Gasteiger partial charge in [0.1, 0.15) is 5.69 Å². The van der Waals surface area contributed by atoms with E-state index in [2.05, 4.69) is 5.10 Å². The van der Waals surface area contributed by atoms with Crippen molar-refractivity contribution in [2.75, 3.05) is 0 Å². The van der Waals surface area contributed by atoms with Gasteiger partial charge in [-0.15, -0.1) is 0 Å². The van der Waals surface area contributed by atoms with Crippen LogP contribution in [-0.2, 0) is 0 Å². The van der Waals surface area contributed by atoms with Gasteiger partial charge in [0.2, 0.25) is 5.91 Å². The second kappa shape index (κ2) is 4.21. The molecule has 0 aliphatic rings. The molecule has 1 aromatic carbocycles. The van der Waals surface area contributed by atoms with E-state index in [1.165, 1.54) is 24.3 Å². The Labute approximate surface area is 100 Å². The lowest BCUT2D eigenvalue weighted by atomic mass is 10.2. The number of carboxylic acid groups (broad SMARTS) is 1. The van der Waals surface area contributed by atoms with Crippen LogP contribution in [0.2, 0.25) is 0 Å². The zero-order valence-corrected chi connectivity index (χ0v) is 9.08. The summed E-state index contributed by atoms with van der Waals surface area (Å²) >= 11 is 0. The van der Waals surface area contributed by atoms with Crippen molar-refractivity contribution in [2.24, 2.45) is 5.73 Å². The van der Waals surface area contributed by atoms with Crippen LogP contribution < -0.4 is 11.3 Å². The molecule has 0 bridgehead atoms. The highest BCUT2D eigenvalue weighted by molar-refractivity contribution is 5.92. The molecular weight excluding hydrogens is 238 g/mol. The molecule has 0 saturated heterocycles. The van der Waals surface area contributed by atoms with Crippen LogP contribution in [0.1, 0.15) is 20.8 Å². The van der Waals surface area contributed by atoms with Crippen molar-refractivity contribution in [3.63, 3.8) is 0 Å². The number of amides is 1. The van der Waals surface area contributed by atoms with Gasteiger partial charge in [-0.2, -0.15) is 0 Å². The Morgan fingerprint density at radius 2 is 1.83 bits per heavy atom. The summed E-state index contributed by atoms with van der Waals surface area (Å²) in [5.74, 6) is -1.80. The van der Waals surface area contributed by atoms with Gasteiger partial charge < -0.3 is 10.8 Å². The molecule has 0 fully saturated rings. The highest BCUT2D eigenvalue weighted by Crippen LogP contribution is 2.07. The molecule has 0 saturated carbocycles. The summed E-state index contributed by atoms with van der Waals surface area (Å²) in [6, 6.07) is 6.86. The van der Waals surface area contributed by atoms with Gasteiger partial charge in [0, 0.05) is 11.6 Å². The number of rotatable bonds is 3. The minimum absolute atomic E-state index is 0.209. The first-order valence-electron chi connectivity index (χ1n) is 4.94. The topological polar surface area (TPSA) is 118 Å². The van der Waals surface area contributed by atoms with Gasteiger partial charge >= 0.3 is 5.97 Å². The normalized spacial score (nSPS) is 10.2. The number of benzene rings is 1. The number of carbonyl (C=O) groups is 2. The Kier molecular flexibility index (Phi) is 2.72. The molecule has 18 heavy (non-hydrogen) atoms. The molecule has 1 heterocycles. The quantitative estimate of drug-likeness (QED) is 0.705. The molecule has 2 rings (SSSR count). The zero-order valence-electron chi connectivity index (χ0n) is 9.08. The third-order valence-electron chi connectivity index (χ3n) is 2.36. The molecule has 7 nitrogen and oxygen atoms in total. The largest absolute Gasteiger partial charge is 0.477 e. The van der Waals surface area contributed by atoms with Crippen molar-refractivity contribution < 1.29 is 14.7 Å². The molecule has 0 atom stereocenters. The van der Waals surface area contributed by atoms with Crippen molar-refractivity contribution in [1.82, 2.24) is 9.78 Å². The van der Waals surface area contributed by atoms with E-state index in [1.54, 1.807) is 0 Å². The van der Waals surface area contributed by atoms with E-state index < -0.39 is 17.4 Å². The zero-order chi connectivity index (χ0) is 13.3. The summed E-state index contributed by atoms with van der Waals surface area (Å²) in [5.41, 5.74) is 5.09. The molecule has 4 N–H and O–H groups in total. The monoisotopic (exact) mass is 247 g/mol. The van der Waals surface area contributed by atoms with Gasteiger partial charge in [0.05, 0.1) is 5.69 Å². The molecule has 0 radical (unpaired) electrons. The van der Waals surface area contributed by atoms with Crippen molar-refractivity contribution in [1.29, 1.82) is 0 Å². The van der Waals surface area contributed by atoms with Gasteiger partial charge in [0.15, 0.2) is 0 Å². The average molecular weight is 247 g/mol. The summed E-state index contributed by atoms with van der Waals surface area (Å²) in [6.45, 7) is 0. The van der Waals surface area contributed by atoms with E-state index in [9.17, 15) is 14.4 Å². The van der Waals surface area contributed by atoms with Crippen molar-refractivity contribution in [2.45, 2.75) is 0 Å². The number of nitrogens with two attached hydrogens (primary N) is 1. The summed E-state index contributed by atoms with van der Waals surface area (Å²) in [7, 11) is 0. The Hall–Kier alpha value is -2.83. The van der Waals surface area contributed by atoms with Crippen LogP contribution in [0.25, 0.3) is 5.69 Å². The van der Waals surface area contributed by atoms with Crippen LogP contribution in [0.15, 0.2) is 35.1 Å². The first-order valence-corrected chi connectivity index (χ1v) is 4.94. The Balaban J connectivity index is 2.46. The maximum atomic E-state index is 11.5. The standard InChI is InChI=1S/C11H9N3O4/c12-10(16)6-1-3-7(4-2-6)14-9(15)5-8(13-14)11(17)18/h1-5,13H,(H2,12,16)(H,17,18). The van der Waals surface area contributed by atoms with Crippen LogP contribution in [-0.4, -0.2) is 26.8 Å². The summed E-state index contributed by atoms with van der Waals surface area (Å²) < 4.78 is 1.06. The van der Waals surface area contributed by atoms with Crippen LogP contribution in [0.3, 0.4) is 0 Å². The smallest absolute Gasteiger partial charge is 0.353 e. The van der Waals surface area contributed by atoms with Gasteiger partial charge in [-0.05, 0) is 24.3 Å². The molecule has 1 amide bonds. The summed E-state index contributed by atoms with van der Waals surface area (Å²) in [4.78, 5) is 33.1. The minimum atomic E-state index is -1.22. The number of hydrogen-bond donors (Lipinski definition) is 3. The maximum Gasteiger partial charge on any atom is 0.353 e. The summed E-state index contributed by atoms with van der Waals surface area (Å²) in [6.07, 6.45) is 0. The molecule has 2 aromatic rings. The molecule has 0 unspecified atom stereocenters. The van der Waals surface area contributed by atoms with Crippen molar-refractivity contribution >= 4 is 11.9 Å². The molecule has 92 valence electrons. The first kappa shape index (κ1) is 11.6. The predicted octanol–water partition coefficient (Wildman–Crippen LogP) is -0.0373. The fraction of sp³-hybridized carbons (Fsp3) is 0. The van der Waals surface area contributed by atoms with E-state index in [1.807, 2.05) is 0 Å². The number of aromatic carboxylic acids is 1. The molecule has 0 spiro atoms. The highest BCUT2D eigenvalue weighted by Gasteiger charge is 2.10. The number of hydrogen-bond acceptors (Lipinski definition) is 3. The van der Waals surface area contributed by atoms with E-state index in [4.69, 9.17) is 10.8 Å². The van der Waals surface area contributed by atoms with Crippen LogP contribution in [0.4, 0.5) is 0 Å². The number of carboxylic acids is 1. The first-order chi connectivity index (χ1) is 8.49. The number of nitrogens with one attached hydrogen (secondary N) is 1. The fourth-order valence-electron chi connectivity index (χ4n) is 1.47. The number of carbonyl (C=O) groups excluding carboxylic acids is 1. The van der Waals surface area contributed by atoms with Gasteiger partial charge in [0.25, 0.3) is 5.56 Å². The van der Waals surface area contributed by atoms with Crippen molar-refractivity contribution in [3.8, 4) is 5.69 Å². The number of nitrogens with zero attached hydrogens (tertiary/aromatic N) is 1. The van der Waals surface area contributed by atoms with E-state index in [-0.39, 0.29) is 5.69 Å². The lowest BCUT2D eigenvalue weighted by Crippen LogP contribution is -2.14. The third kappa shape index (κ3) is 2.01. The molecule has 1 aromatic heterocycles.